The predicted octanol–water partition coefficient (Wildman–Crippen LogP) is 9.10. The topological polar surface area (TPSA) is 0 Å². The molecule has 0 aliphatic heterocycles. The lowest BCUT2D eigenvalue weighted by atomic mass is 9.81. The largest absolute Gasteiger partial charge is 0.0619 e. The monoisotopic (exact) mass is 418 g/mol. The molecule has 0 bridgehead atoms. The number of fused-ring (bicyclic) bond motifs is 4. The van der Waals surface area contributed by atoms with Crippen LogP contribution in [0.2, 0.25) is 0 Å². The predicted molar refractivity (Wildman–Crippen MR) is 141 cm³/mol. The van der Waals surface area contributed by atoms with Gasteiger partial charge in [0.2, 0.25) is 0 Å². The van der Waals surface area contributed by atoms with Crippen molar-refractivity contribution in [1.82, 2.24) is 0 Å². The fourth-order valence-electron chi connectivity index (χ4n) is 6.61. The van der Waals surface area contributed by atoms with E-state index >= 15 is 0 Å². The fourth-order valence-corrected chi connectivity index (χ4v) is 6.61. The van der Waals surface area contributed by atoms with Crippen molar-refractivity contribution in [2.24, 2.45) is 0 Å². The molecule has 2 aliphatic carbocycles. The van der Waals surface area contributed by atoms with Crippen LogP contribution in [-0.2, 0) is 5.41 Å². The van der Waals surface area contributed by atoms with Crippen molar-refractivity contribution in [3.05, 3.63) is 108 Å². The number of hydrogen-bond acceptors (Lipinski definition) is 0. The molecule has 0 saturated heterocycles. The number of benzene rings is 6. The van der Waals surface area contributed by atoms with Gasteiger partial charge in [0.15, 0.2) is 0 Å². The van der Waals surface area contributed by atoms with E-state index in [9.17, 15) is 0 Å². The summed E-state index contributed by atoms with van der Waals surface area (Å²) < 4.78 is 0. The molecule has 0 nitrogen and oxygen atoms in total. The molecule has 0 radical (unpaired) electrons. The van der Waals surface area contributed by atoms with Crippen molar-refractivity contribution in [1.29, 1.82) is 0 Å². The van der Waals surface area contributed by atoms with E-state index in [1.165, 1.54) is 76.8 Å². The third-order valence-corrected chi connectivity index (χ3v) is 8.17. The zero-order valence-corrected chi connectivity index (χ0v) is 18.7. The van der Waals surface area contributed by atoms with Crippen LogP contribution in [0.3, 0.4) is 0 Å². The maximum atomic E-state index is 2.45. The van der Waals surface area contributed by atoms with Crippen LogP contribution >= 0.6 is 0 Å². The lowest BCUT2D eigenvalue weighted by Crippen LogP contribution is -2.14. The van der Waals surface area contributed by atoms with Crippen molar-refractivity contribution in [2.45, 2.75) is 19.3 Å². The third-order valence-electron chi connectivity index (χ3n) is 8.17. The lowest BCUT2D eigenvalue weighted by Gasteiger charge is -2.22. The second-order valence-corrected chi connectivity index (χ2v) is 10.2. The van der Waals surface area contributed by atoms with E-state index in [-0.39, 0.29) is 5.41 Å². The Kier molecular flexibility index (Phi) is 3.05. The van der Waals surface area contributed by atoms with Gasteiger partial charge in [-0.3, -0.25) is 0 Å². The Bertz CT molecular complexity index is 1830. The van der Waals surface area contributed by atoms with E-state index in [0.717, 1.165) is 0 Å². The third kappa shape index (κ3) is 2.03. The minimum Gasteiger partial charge on any atom is -0.0619 e. The second-order valence-electron chi connectivity index (χ2n) is 10.2. The molecule has 0 atom stereocenters. The molecular weight excluding hydrogens is 396 g/mol. The highest BCUT2D eigenvalue weighted by molar-refractivity contribution is 6.34. The van der Waals surface area contributed by atoms with E-state index in [4.69, 9.17) is 0 Å². The lowest BCUT2D eigenvalue weighted by molar-refractivity contribution is 0.660. The Morgan fingerprint density at radius 1 is 0.455 bits per heavy atom. The molecule has 2 aliphatic rings. The van der Waals surface area contributed by atoms with E-state index in [0.29, 0.717) is 0 Å². The number of rotatable bonds is 1. The highest BCUT2D eigenvalue weighted by atomic mass is 14.4. The first kappa shape index (κ1) is 17.6. The van der Waals surface area contributed by atoms with Crippen LogP contribution in [0.15, 0.2) is 97.1 Å². The molecule has 6 aromatic rings. The van der Waals surface area contributed by atoms with Crippen molar-refractivity contribution >= 4 is 32.3 Å². The Morgan fingerprint density at radius 2 is 1.09 bits per heavy atom. The van der Waals surface area contributed by atoms with Crippen molar-refractivity contribution in [3.63, 3.8) is 0 Å². The maximum absolute atomic E-state index is 2.45. The first-order chi connectivity index (χ1) is 16.1. The Balaban J connectivity index is 1.46. The molecular formula is C33H22. The Morgan fingerprint density at radius 3 is 1.94 bits per heavy atom. The van der Waals surface area contributed by atoms with Crippen molar-refractivity contribution in [3.8, 4) is 33.4 Å². The van der Waals surface area contributed by atoms with Crippen LogP contribution in [0.25, 0.3) is 65.7 Å². The van der Waals surface area contributed by atoms with E-state index in [2.05, 4.69) is 111 Å². The SMILES string of the molecule is CC1(C)c2ccccc2-c2ccc(-c3ccc4ccc5ccc6cccc7c6c5c4c3-7)cc21. The number of hydrogen-bond donors (Lipinski definition) is 0. The molecule has 0 saturated carbocycles. The van der Waals surface area contributed by atoms with Gasteiger partial charge in [0, 0.05) is 5.41 Å². The van der Waals surface area contributed by atoms with Gasteiger partial charge < -0.3 is 0 Å². The first-order valence-electron chi connectivity index (χ1n) is 11.8. The summed E-state index contributed by atoms with van der Waals surface area (Å²) in [6, 6.07) is 36.5. The molecule has 0 N–H and O–H groups in total. The van der Waals surface area contributed by atoms with Crippen LogP contribution in [0.4, 0.5) is 0 Å². The zero-order valence-electron chi connectivity index (χ0n) is 18.7. The summed E-state index contributed by atoms with van der Waals surface area (Å²) in [7, 11) is 0. The molecule has 0 spiro atoms. The first-order valence-corrected chi connectivity index (χ1v) is 11.8. The standard InChI is InChI=1S/C33H22/c1-33(2)27-9-4-3-7-24(27)25-17-15-22(18-28(25)33)23-16-14-21-13-12-20-11-10-19-6-5-8-26-29(19)30(20)31(21)32(23)26/h3-18H,1-2H3. The summed E-state index contributed by atoms with van der Waals surface area (Å²) in [5.41, 5.74) is 11.1. The van der Waals surface area contributed by atoms with Crippen molar-refractivity contribution in [2.75, 3.05) is 0 Å². The minimum atomic E-state index is 0.00930. The van der Waals surface area contributed by atoms with Gasteiger partial charge in [0.1, 0.15) is 0 Å². The zero-order chi connectivity index (χ0) is 21.9. The Labute approximate surface area is 193 Å². The summed E-state index contributed by atoms with van der Waals surface area (Å²) in [5, 5.41) is 8.26. The molecule has 0 aromatic heterocycles. The van der Waals surface area contributed by atoms with Crippen LogP contribution in [0.1, 0.15) is 25.0 Å². The summed E-state index contributed by atoms with van der Waals surface area (Å²) in [6.07, 6.45) is 0. The molecule has 0 heterocycles. The normalized spacial score (nSPS) is 14.6. The van der Waals surface area contributed by atoms with E-state index < -0.39 is 0 Å². The highest BCUT2D eigenvalue weighted by Crippen LogP contribution is 2.53. The van der Waals surface area contributed by atoms with Gasteiger partial charge in [-0.05, 0) is 82.9 Å². The summed E-state index contributed by atoms with van der Waals surface area (Å²) >= 11 is 0. The summed E-state index contributed by atoms with van der Waals surface area (Å²) in [5.74, 6) is 0. The second kappa shape index (κ2) is 5.71. The van der Waals surface area contributed by atoms with E-state index in [1.54, 1.807) is 0 Å². The van der Waals surface area contributed by atoms with Crippen LogP contribution < -0.4 is 0 Å². The van der Waals surface area contributed by atoms with Crippen LogP contribution in [0.5, 0.6) is 0 Å². The average Bonchev–Trinajstić information content (AvgIpc) is 3.32. The van der Waals surface area contributed by atoms with Crippen LogP contribution in [0, 0.1) is 0 Å². The fraction of sp³-hybridized carbons (Fsp3) is 0.0909. The molecule has 0 heteroatoms. The van der Waals surface area contributed by atoms with Gasteiger partial charge >= 0.3 is 0 Å². The highest BCUT2D eigenvalue weighted by Gasteiger charge is 2.35. The molecule has 0 fully saturated rings. The molecule has 154 valence electrons. The van der Waals surface area contributed by atoms with Gasteiger partial charge in [-0.2, -0.15) is 0 Å². The van der Waals surface area contributed by atoms with Gasteiger partial charge in [0.05, 0.1) is 0 Å². The van der Waals surface area contributed by atoms with Gasteiger partial charge in [-0.25, -0.2) is 0 Å². The molecule has 8 rings (SSSR count). The van der Waals surface area contributed by atoms with Gasteiger partial charge in [0.25, 0.3) is 0 Å². The summed E-state index contributed by atoms with van der Waals surface area (Å²) in [4.78, 5) is 0. The van der Waals surface area contributed by atoms with Crippen LogP contribution in [-0.4, -0.2) is 0 Å². The Hall–Kier alpha value is -3.90. The molecule has 6 aromatic carbocycles. The van der Waals surface area contributed by atoms with E-state index in [1.807, 2.05) is 0 Å². The molecule has 33 heavy (non-hydrogen) atoms. The minimum absolute atomic E-state index is 0.00930. The average molecular weight is 419 g/mol. The van der Waals surface area contributed by atoms with Gasteiger partial charge in [-0.1, -0.05) is 105 Å². The molecule has 0 amide bonds. The van der Waals surface area contributed by atoms with Gasteiger partial charge in [-0.15, -0.1) is 0 Å². The molecule has 0 unspecified atom stereocenters. The summed E-state index contributed by atoms with van der Waals surface area (Å²) in [6.45, 7) is 4.72. The van der Waals surface area contributed by atoms with Crippen molar-refractivity contribution < 1.29 is 0 Å². The maximum Gasteiger partial charge on any atom is 0.0159 e. The quantitative estimate of drug-likeness (QED) is 0.233. The smallest absolute Gasteiger partial charge is 0.0159 e.